The van der Waals surface area contributed by atoms with Crippen molar-refractivity contribution in [2.75, 3.05) is 0 Å². The van der Waals surface area contributed by atoms with E-state index in [9.17, 15) is 14.9 Å². The molecule has 0 aliphatic carbocycles. The van der Waals surface area contributed by atoms with Gasteiger partial charge < -0.3 is 9.72 Å². The van der Waals surface area contributed by atoms with Crippen LogP contribution < -0.4 is 10.2 Å². The highest BCUT2D eigenvalue weighted by atomic mass is 16.6. The van der Waals surface area contributed by atoms with Gasteiger partial charge in [-0.3, -0.25) is 14.9 Å². The summed E-state index contributed by atoms with van der Waals surface area (Å²) in [5.41, 5.74) is 3.97. The second-order valence-corrected chi connectivity index (χ2v) is 5.51. The molecule has 0 aliphatic heterocycles. The minimum absolute atomic E-state index is 0.0285. The molecular formula is C18H16N4O4. The highest BCUT2D eigenvalue weighted by Gasteiger charge is 2.20. The molecule has 8 heteroatoms. The van der Waals surface area contributed by atoms with E-state index in [1.54, 1.807) is 12.3 Å². The Balaban J connectivity index is 1.64. The number of fused-ring (bicyclic) bond motifs is 1. The maximum absolute atomic E-state index is 12.1. The molecule has 1 aromatic heterocycles. The number of aromatic nitrogens is 1. The first-order valence-corrected chi connectivity index (χ1v) is 7.85. The number of amides is 1. The summed E-state index contributed by atoms with van der Waals surface area (Å²) in [4.78, 5) is 25.6. The molecule has 1 atom stereocenters. The molecule has 0 spiro atoms. The van der Waals surface area contributed by atoms with Gasteiger partial charge >= 0.3 is 5.69 Å². The summed E-state index contributed by atoms with van der Waals surface area (Å²) in [6, 6.07) is 13.6. The molecular weight excluding hydrogens is 336 g/mol. The Bertz CT molecular complexity index is 980. The number of hydrazone groups is 1. The van der Waals surface area contributed by atoms with Crippen molar-refractivity contribution in [1.82, 2.24) is 10.4 Å². The van der Waals surface area contributed by atoms with Crippen LogP contribution in [0.25, 0.3) is 10.9 Å². The zero-order chi connectivity index (χ0) is 18.5. The van der Waals surface area contributed by atoms with E-state index in [0.29, 0.717) is 0 Å². The Labute approximate surface area is 148 Å². The molecule has 3 rings (SSSR count). The Morgan fingerprint density at radius 3 is 2.81 bits per heavy atom. The number of carbonyl (C=O) groups excluding carboxylic acids is 1. The zero-order valence-electron chi connectivity index (χ0n) is 13.9. The number of nitrogens with one attached hydrogen (secondary N) is 2. The Kier molecular flexibility index (Phi) is 4.93. The Morgan fingerprint density at radius 1 is 1.27 bits per heavy atom. The van der Waals surface area contributed by atoms with Gasteiger partial charge in [0.05, 0.1) is 11.1 Å². The summed E-state index contributed by atoms with van der Waals surface area (Å²) in [7, 11) is 0. The number of aromatic amines is 1. The number of rotatable bonds is 6. The largest absolute Gasteiger partial charge is 0.474 e. The molecule has 0 aliphatic rings. The number of hydrogen-bond donors (Lipinski definition) is 2. The summed E-state index contributed by atoms with van der Waals surface area (Å²) < 4.78 is 5.39. The number of hydrogen-bond acceptors (Lipinski definition) is 5. The van der Waals surface area contributed by atoms with Gasteiger partial charge in [0.25, 0.3) is 5.91 Å². The van der Waals surface area contributed by atoms with Crippen LogP contribution in [0.1, 0.15) is 12.5 Å². The van der Waals surface area contributed by atoms with Gasteiger partial charge in [-0.1, -0.05) is 30.3 Å². The number of nitrogens with zero attached hydrogens (tertiary/aromatic N) is 2. The molecule has 8 nitrogen and oxygen atoms in total. The number of H-pyrrole nitrogens is 1. The van der Waals surface area contributed by atoms with Crippen LogP contribution in [-0.4, -0.2) is 28.1 Å². The molecule has 132 valence electrons. The van der Waals surface area contributed by atoms with Crippen molar-refractivity contribution < 1.29 is 14.5 Å². The molecule has 1 heterocycles. The fourth-order valence-electron chi connectivity index (χ4n) is 2.41. The molecule has 1 amide bonds. The molecule has 26 heavy (non-hydrogen) atoms. The monoisotopic (exact) mass is 352 g/mol. The minimum Gasteiger partial charge on any atom is -0.474 e. The number of nitro groups is 1. The smallest absolute Gasteiger partial charge is 0.310 e. The van der Waals surface area contributed by atoms with E-state index < -0.39 is 16.9 Å². The Morgan fingerprint density at radius 2 is 2.00 bits per heavy atom. The lowest BCUT2D eigenvalue weighted by Crippen LogP contribution is -2.33. The topological polar surface area (TPSA) is 110 Å². The van der Waals surface area contributed by atoms with E-state index in [4.69, 9.17) is 4.74 Å². The van der Waals surface area contributed by atoms with Crippen LogP contribution in [0.2, 0.25) is 0 Å². The van der Waals surface area contributed by atoms with Crippen LogP contribution in [0.5, 0.6) is 5.75 Å². The second-order valence-electron chi connectivity index (χ2n) is 5.51. The maximum Gasteiger partial charge on any atom is 0.310 e. The van der Waals surface area contributed by atoms with E-state index in [1.165, 1.54) is 31.3 Å². The van der Waals surface area contributed by atoms with Gasteiger partial charge in [0.1, 0.15) is 0 Å². The van der Waals surface area contributed by atoms with Crippen molar-refractivity contribution in [3.63, 3.8) is 0 Å². The lowest BCUT2D eigenvalue weighted by atomic mass is 10.2. The number of benzene rings is 2. The standard InChI is InChI=1S/C18H16N4O4/c1-12(26-17-9-5-4-8-16(17)22(24)25)18(23)21-20-11-13-10-19-15-7-3-2-6-14(13)15/h2-12,19H,1H3,(H,21,23). The van der Waals surface area contributed by atoms with Crippen LogP contribution in [0, 0.1) is 10.1 Å². The fourth-order valence-corrected chi connectivity index (χ4v) is 2.41. The van der Waals surface area contributed by atoms with Gasteiger partial charge in [0.2, 0.25) is 0 Å². The first-order chi connectivity index (χ1) is 12.6. The van der Waals surface area contributed by atoms with Gasteiger partial charge in [0, 0.05) is 28.7 Å². The van der Waals surface area contributed by atoms with Gasteiger partial charge in [-0.15, -0.1) is 0 Å². The van der Waals surface area contributed by atoms with E-state index in [0.717, 1.165) is 16.5 Å². The normalized spacial score (nSPS) is 12.2. The Hall–Kier alpha value is -3.68. The first-order valence-electron chi connectivity index (χ1n) is 7.85. The predicted octanol–water partition coefficient (Wildman–Crippen LogP) is 2.99. The van der Waals surface area contributed by atoms with Crippen molar-refractivity contribution in [2.45, 2.75) is 13.0 Å². The molecule has 0 radical (unpaired) electrons. The molecule has 0 fully saturated rings. The summed E-state index contributed by atoms with van der Waals surface area (Å²) in [6.07, 6.45) is 2.36. The first kappa shape index (κ1) is 17.2. The van der Waals surface area contributed by atoms with Crippen molar-refractivity contribution >= 4 is 28.7 Å². The minimum atomic E-state index is -0.948. The molecule has 0 saturated carbocycles. The average Bonchev–Trinajstić information content (AvgIpc) is 3.05. The van der Waals surface area contributed by atoms with Crippen molar-refractivity contribution in [1.29, 1.82) is 0 Å². The summed E-state index contributed by atoms with van der Waals surface area (Å²) in [5.74, 6) is -0.486. The molecule has 3 aromatic rings. The molecule has 0 bridgehead atoms. The molecule has 1 unspecified atom stereocenters. The highest BCUT2D eigenvalue weighted by molar-refractivity contribution is 5.99. The van der Waals surface area contributed by atoms with Crippen LogP contribution in [0.3, 0.4) is 0 Å². The number of nitro benzene ring substituents is 1. The predicted molar refractivity (Wildman–Crippen MR) is 97.2 cm³/mol. The zero-order valence-corrected chi connectivity index (χ0v) is 13.9. The second kappa shape index (κ2) is 7.47. The van der Waals surface area contributed by atoms with Gasteiger partial charge in [0.15, 0.2) is 11.9 Å². The SMILES string of the molecule is CC(Oc1ccccc1[N+](=O)[O-])C(=O)NN=Cc1c[nH]c2ccccc12. The number of carbonyl (C=O) groups is 1. The van der Waals surface area contributed by atoms with Gasteiger partial charge in [-0.25, -0.2) is 5.43 Å². The van der Waals surface area contributed by atoms with Crippen molar-refractivity contribution in [2.24, 2.45) is 5.10 Å². The third kappa shape index (κ3) is 3.69. The lowest BCUT2D eigenvalue weighted by Gasteiger charge is -2.12. The van der Waals surface area contributed by atoms with Crippen molar-refractivity contribution in [3.8, 4) is 5.75 Å². The quantitative estimate of drug-likeness (QED) is 0.404. The number of ether oxygens (including phenoxy) is 1. The van der Waals surface area contributed by atoms with Crippen LogP contribution in [0.4, 0.5) is 5.69 Å². The average molecular weight is 352 g/mol. The molecule has 0 saturated heterocycles. The van der Waals surface area contributed by atoms with Gasteiger partial charge in [-0.2, -0.15) is 5.10 Å². The summed E-state index contributed by atoms with van der Waals surface area (Å²) in [5, 5.41) is 15.9. The molecule has 2 N–H and O–H groups in total. The summed E-state index contributed by atoms with van der Waals surface area (Å²) >= 11 is 0. The van der Waals surface area contributed by atoms with E-state index in [2.05, 4.69) is 15.5 Å². The highest BCUT2D eigenvalue weighted by Crippen LogP contribution is 2.26. The fraction of sp³-hybridized carbons (Fsp3) is 0.111. The van der Waals surface area contributed by atoms with E-state index in [-0.39, 0.29) is 11.4 Å². The van der Waals surface area contributed by atoms with E-state index >= 15 is 0 Å². The third-order valence-electron chi connectivity index (χ3n) is 3.73. The summed E-state index contributed by atoms with van der Waals surface area (Å²) in [6.45, 7) is 1.49. The van der Waals surface area contributed by atoms with Crippen molar-refractivity contribution in [3.05, 3.63) is 70.4 Å². The van der Waals surface area contributed by atoms with Crippen LogP contribution in [0.15, 0.2) is 59.8 Å². The number of para-hydroxylation sites is 3. The van der Waals surface area contributed by atoms with Gasteiger partial charge in [-0.05, 0) is 19.1 Å². The van der Waals surface area contributed by atoms with E-state index in [1.807, 2.05) is 24.3 Å². The maximum atomic E-state index is 12.1. The van der Waals surface area contributed by atoms with Crippen LogP contribution >= 0.6 is 0 Å². The third-order valence-corrected chi connectivity index (χ3v) is 3.73. The van der Waals surface area contributed by atoms with Crippen LogP contribution in [-0.2, 0) is 4.79 Å². The molecule has 2 aromatic carbocycles. The lowest BCUT2D eigenvalue weighted by molar-refractivity contribution is -0.386.